The number of nitrogens with one attached hydrogen (secondary N) is 1. The minimum Gasteiger partial charge on any atom is -0.508 e. The molecule has 1 aliphatic rings. The van der Waals surface area contributed by atoms with Crippen molar-refractivity contribution < 1.29 is 9.90 Å². The number of phenols is 1. The molecule has 112 valence electrons. The Kier molecular flexibility index (Phi) is 3.66. The van der Waals surface area contributed by atoms with E-state index in [0.29, 0.717) is 5.11 Å². The number of halogens is 1. The Morgan fingerprint density at radius 3 is 2.41 bits per heavy atom. The van der Waals surface area contributed by atoms with Crippen molar-refractivity contribution in [2.45, 2.75) is 5.54 Å². The Morgan fingerprint density at radius 1 is 1.18 bits per heavy atom. The monoisotopic (exact) mass is 376 g/mol. The minimum absolute atomic E-state index is 0.148. The first-order chi connectivity index (χ1) is 10.4. The molecule has 0 spiro atoms. The van der Waals surface area contributed by atoms with Crippen LogP contribution in [0.5, 0.6) is 5.75 Å². The molecule has 0 aliphatic carbocycles. The number of nitrogens with zero attached hydrogens (tertiary/aromatic N) is 1. The number of carbonyl (C=O) groups excluding carboxylic acids is 1. The summed E-state index contributed by atoms with van der Waals surface area (Å²) in [5, 5.41) is 13.0. The Morgan fingerprint density at radius 2 is 1.86 bits per heavy atom. The fourth-order valence-corrected chi connectivity index (χ4v) is 3.27. The van der Waals surface area contributed by atoms with Crippen LogP contribution < -0.4 is 5.32 Å². The maximum atomic E-state index is 12.9. The van der Waals surface area contributed by atoms with Crippen LogP contribution in [0.1, 0.15) is 11.1 Å². The molecule has 2 N–H and O–H groups in total. The first kappa shape index (κ1) is 15.0. The van der Waals surface area contributed by atoms with Gasteiger partial charge in [-0.2, -0.15) is 0 Å². The lowest BCUT2D eigenvalue weighted by atomic mass is 9.82. The summed E-state index contributed by atoms with van der Waals surface area (Å²) in [5.41, 5.74) is 0.424. The van der Waals surface area contributed by atoms with Crippen molar-refractivity contribution in [3.8, 4) is 5.75 Å². The molecule has 1 fully saturated rings. The number of thiocarbonyl (C=S) groups is 1. The molecular formula is C16H13BrN2O2S. The summed E-state index contributed by atoms with van der Waals surface area (Å²) >= 11 is 8.70. The van der Waals surface area contributed by atoms with Gasteiger partial charge < -0.3 is 10.4 Å². The van der Waals surface area contributed by atoms with Gasteiger partial charge in [0.1, 0.15) is 5.75 Å². The van der Waals surface area contributed by atoms with Crippen molar-refractivity contribution in [3.63, 3.8) is 0 Å². The lowest BCUT2D eigenvalue weighted by molar-refractivity contribution is -0.129. The largest absolute Gasteiger partial charge is 0.508 e. The first-order valence-corrected chi connectivity index (χ1v) is 7.81. The number of hydrogen-bond acceptors (Lipinski definition) is 3. The third-order valence-electron chi connectivity index (χ3n) is 3.78. The minimum atomic E-state index is -1.08. The normalized spacial score (nSPS) is 21.1. The summed E-state index contributed by atoms with van der Waals surface area (Å²) < 4.78 is 0.873. The standard InChI is InChI=1S/C16H13BrN2O2S/c1-19-14(21)16(18-15(19)22,10-5-7-13(20)8-6-10)11-3-2-4-12(17)9-11/h2-9,20H,1H3,(H,18,22). The predicted molar refractivity (Wildman–Crippen MR) is 91.5 cm³/mol. The Hall–Kier alpha value is -1.92. The van der Waals surface area contributed by atoms with E-state index < -0.39 is 5.54 Å². The maximum Gasteiger partial charge on any atom is 0.263 e. The van der Waals surface area contributed by atoms with E-state index in [1.54, 1.807) is 31.3 Å². The number of hydrogen-bond donors (Lipinski definition) is 2. The van der Waals surface area contributed by atoms with Gasteiger partial charge in [-0.05, 0) is 47.6 Å². The fraction of sp³-hybridized carbons (Fsp3) is 0.125. The molecule has 1 heterocycles. The van der Waals surface area contributed by atoms with Gasteiger partial charge in [-0.1, -0.05) is 40.2 Å². The van der Waals surface area contributed by atoms with Gasteiger partial charge in [0.05, 0.1) is 0 Å². The number of benzene rings is 2. The zero-order chi connectivity index (χ0) is 15.9. The van der Waals surface area contributed by atoms with Crippen molar-refractivity contribution in [2.24, 2.45) is 0 Å². The Labute approximate surface area is 141 Å². The van der Waals surface area contributed by atoms with E-state index in [1.165, 1.54) is 4.90 Å². The van der Waals surface area contributed by atoms with Crippen LogP contribution in [0.3, 0.4) is 0 Å². The van der Waals surface area contributed by atoms with Crippen LogP contribution >= 0.6 is 28.1 Å². The van der Waals surface area contributed by atoms with Gasteiger partial charge in [-0.15, -0.1) is 0 Å². The van der Waals surface area contributed by atoms with Gasteiger partial charge in [0.15, 0.2) is 10.7 Å². The van der Waals surface area contributed by atoms with Crippen LogP contribution in [-0.2, 0) is 10.3 Å². The molecular weight excluding hydrogens is 364 g/mol. The van der Waals surface area contributed by atoms with Gasteiger partial charge >= 0.3 is 0 Å². The van der Waals surface area contributed by atoms with Gasteiger partial charge in [0.25, 0.3) is 5.91 Å². The van der Waals surface area contributed by atoms with Crippen LogP contribution in [0.2, 0.25) is 0 Å². The molecule has 0 bridgehead atoms. The summed E-state index contributed by atoms with van der Waals surface area (Å²) in [6.07, 6.45) is 0. The van der Waals surface area contributed by atoms with E-state index in [2.05, 4.69) is 21.2 Å². The number of phenolic OH excluding ortho intramolecular Hbond substituents is 1. The number of rotatable bonds is 2. The second kappa shape index (κ2) is 5.37. The maximum absolute atomic E-state index is 12.9. The van der Waals surface area contributed by atoms with Crippen LogP contribution in [0.15, 0.2) is 53.0 Å². The van der Waals surface area contributed by atoms with E-state index in [9.17, 15) is 9.90 Å². The van der Waals surface area contributed by atoms with Crippen molar-refractivity contribution >= 4 is 39.2 Å². The lowest BCUT2D eigenvalue weighted by Crippen LogP contribution is -2.44. The molecule has 6 heteroatoms. The van der Waals surface area contributed by atoms with Gasteiger partial charge in [-0.25, -0.2) is 0 Å². The zero-order valence-corrected chi connectivity index (χ0v) is 14.1. The summed E-state index contributed by atoms with van der Waals surface area (Å²) in [6, 6.07) is 14.1. The topological polar surface area (TPSA) is 52.6 Å². The highest BCUT2D eigenvalue weighted by atomic mass is 79.9. The molecule has 2 aromatic rings. The quantitative estimate of drug-likeness (QED) is 0.791. The molecule has 0 saturated carbocycles. The zero-order valence-electron chi connectivity index (χ0n) is 11.7. The number of likely N-dealkylation sites (N-methyl/N-ethyl adjacent to an activating group) is 1. The number of aromatic hydroxyl groups is 1. The molecule has 1 unspecified atom stereocenters. The first-order valence-electron chi connectivity index (χ1n) is 6.61. The average molecular weight is 377 g/mol. The smallest absolute Gasteiger partial charge is 0.263 e. The highest BCUT2D eigenvalue weighted by Gasteiger charge is 2.50. The Balaban J connectivity index is 2.26. The van der Waals surface area contributed by atoms with Gasteiger partial charge in [0.2, 0.25) is 0 Å². The summed E-state index contributed by atoms with van der Waals surface area (Å²) in [6.45, 7) is 0. The van der Waals surface area contributed by atoms with E-state index in [1.807, 2.05) is 24.3 Å². The number of amides is 1. The van der Waals surface area contributed by atoms with Crippen molar-refractivity contribution in [2.75, 3.05) is 7.05 Å². The fourth-order valence-electron chi connectivity index (χ4n) is 2.63. The van der Waals surface area contributed by atoms with Crippen molar-refractivity contribution in [1.82, 2.24) is 10.2 Å². The molecule has 22 heavy (non-hydrogen) atoms. The molecule has 1 aliphatic heterocycles. The lowest BCUT2D eigenvalue weighted by Gasteiger charge is -2.28. The van der Waals surface area contributed by atoms with Gasteiger partial charge in [0, 0.05) is 11.5 Å². The van der Waals surface area contributed by atoms with Crippen molar-refractivity contribution in [1.29, 1.82) is 0 Å². The highest BCUT2D eigenvalue weighted by Crippen LogP contribution is 2.37. The second-order valence-electron chi connectivity index (χ2n) is 5.10. The number of carbonyl (C=O) groups is 1. The van der Waals surface area contributed by atoms with E-state index in [-0.39, 0.29) is 11.7 Å². The van der Waals surface area contributed by atoms with E-state index >= 15 is 0 Å². The van der Waals surface area contributed by atoms with Crippen LogP contribution in [0.25, 0.3) is 0 Å². The SMILES string of the molecule is CN1C(=O)C(c2ccc(O)cc2)(c2cccc(Br)c2)NC1=S. The van der Waals surface area contributed by atoms with E-state index in [0.717, 1.165) is 15.6 Å². The third-order valence-corrected chi connectivity index (χ3v) is 4.65. The molecule has 3 rings (SSSR count). The molecule has 0 aromatic heterocycles. The summed E-state index contributed by atoms with van der Waals surface area (Å²) in [4.78, 5) is 14.4. The Bertz CT molecular complexity index is 763. The van der Waals surface area contributed by atoms with Crippen molar-refractivity contribution in [3.05, 3.63) is 64.1 Å². The molecule has 4 nitrogen and oxygen atoms in total. The summed E-state index contributed by atoms with van der Waals surface area (Å²) in [7, 11) is 1.65. The third kappa shape index (κ3) is 2.19. The highest BCUT2D eigenvalue weighted by molar-refractivity contribution is 9.10. The second-order valence-corrected chi connectivity index (χ2v) is 6.40. The molecule has 0 radical (unpaired) electrons. The predicted octanol–water partition coefficient (Wildman–Crippen LogP) is 2.74. The van der Waals surface area contributed by atoms with Crippen LogP contribution in [-0.4, -0.2) is 28.1 Å². The average Bonchev–Trinajstić information content (AvgIpc) is 2.73. The van der Waals surface area contributed by atoms with Crippen LogP contribution in [0.4, 0.5) is 0 Å². The van der Waals surface area contributed by atoms with E-state index in [4.69, 9.17) is 12.2 Å². The van der Waals surface area contributed by atoms with Gasteiger partial charge in [-0.3, -0.25) is 9.69 Å². The molecule has 1 atom stereocenters. The molecule has 2 aromatic carbocycles. The molecule has 1 amide bonds. The molecule has 1 saturated heterocycles. The summed E-state index contributed by atoms with van der Waals surface area (Å²) in [5.74, 6) is -0.00388. The van der Waals surface area contributed by atoms with Crippen LogP contribution in [0, 0.1) is 0 Å².